The van der Waals surface area contributed by atoms with Gasteiger partial charge in [0.2, 0.25) is 0 Å². The lowest BCUT2D eigenvalue weighted by Crippen LogP contribution is -2.14. The fourth-order valence-corrected chi connectivity index (χ4v) is 10.1. The van der Waals surface area contributed by atoms with Gasteiger partial charge in [-0.2, -0.15) is 0 Å². The number of aromatic nitrogens is 3. The van der Waals surface area contributed by atoms with Gasteiger partial charge in [0.15, 0.2) is 0 Å². The molecule has 4 nitrogen and oxygen atoms in total. The first kappa shape index (κ1) is 39.4. The molecule has 2 heterocycles. The monoisotopic (exact) mass is 868 g/mol. The summed E-state index contributed by atoms with van der Waals surface area (Å²) in [5.74, 6) is 0.918. The number of rotatable bonds is 7. The summed E-state index contributed by atoms with van der Waals surface area (Å²) in [7, 11) is 0. The Hall–Kier alpha value is -6.69. The van der Waals surface area contributed by atoms with Gasteiger partial charge in [0.05, 0.1) is 37.9 Å². The summed E-state index contributed by atoms with van der Waals surface area (Å²) in [5.41, 5.74) is 19.3. The number of benzene rings is 8. The topological polar surface area (TPSA) is 26.0 Å². The minimum absolute atomic E-state index is 0.0164. The van der Waals surface area contributed by atoms with Crippen LogP contribution in [0.5, 0.6) is 0 Å². The van der Waals surface area contributed by atoms with Crippen molar-refractivity contribution in [2.24, 2.45) is 0 Å². The number of fused-ring (bicyclic) bond motifs is 4. The van der Waals surface area contributed by atoms with E-state index in [1.165, 1.54) is 55.2 Å². The van der Waals surface area contributed by atoms with E-state index in [1.807, 2.05) is 0 Å². The number of para-hydroxylation sites is 3. The van der Waals surface area contributed by atoms with Gasteiger partial charge in [-0.25, -0.2) is 4.98 Å². The predicted octanol–water partition coefficient (Wildman–Crippen LogP) is 16.2. The molecule has 304 valence electrons. The molecule has 0 saturated heterocycles. The molecule has 0 N–H and O–H groups in total. The van der Waals surface area contributed by atoms with Crippen LogP contribution in [0.1, 0.15) is 48.6 Å². The highest BCUT2D eigenvalue weighted by Gasteiger charge is 2.26. The molecule has 0 aliphatic carbocycles. The predicted molar refractivity (Wildman–Crippen MR) is 266 cm³/mol. The normalized spacial score (nSPS) is 11.9. The average molecular weight is 870 g/mol. The van der Waals surface area contributed by atoms with Crippen molar-refractivity contribution < 1.29 is 0 Å². The second kappa shape index (κ2) is 15.3. The lowest BCUT2D eigenvalue weighted by Gasteiger charge is -2.29. The van der Waals surface area contributed by atoms with Crippen LogP contribution in [-0.2, 0) is 5.41 Å². The highest BCUT2D eigenvalue weighted by atomic mass is 79.9. The molecule has 0 aliphatic rings. The molecule has 0 bridgehead atoms. The third kappa shape index (κ3) is 6.54. The largest absolute Gasteiger partial charge is 0.309 e. The fraction of sp³-hybridized carbons (Fsp3) is 0.140. The van der Waals surface area contributed by atoms with Crippen molar-refractivity contribution >= 4 is 65.8 Å². The van der Waals surface area contributed by atoms with Crippen LogP contribution in [0.15, 0.2) is 174 Å². The molecule has 0 spiro atoms. The van der Waals surface area contributed by atoms with Crippen molar-refractivity contribution in [3.8, 4) is 33.9 Å². The highest BCUT2D eigenvalue weighted by molar-refractivity contribution is 9.10. The standard InChI is InChI=1S/C57H49BrN4/c1-36-17-12-18-37(2)52(36)46-25-15-30-51-55(46)59-56(53-38(3)19-13-20-39(53)4)62(51)50-29-16-28-49(54(50)58)60(41-33-31-40(32-34-41)57(5,6)7)42-21-14-22-43(35-42)61-47-26-10-8-23-44(47)45-24-9-11-27-48(45)61/h8-35H,1-7H3. The Bertz CT molecular complexity index is 3250. The van der Waals surface area contributed by atoms with Gasteiger partial charge in [-0.3, -0.25) is 4.57 Å². The number of anilines is 3. The first-order valence-corrected chi connectivity index (χ1v) is 22.2. The third-order valence-electron chi connectivity index (χ3n) is 12.5. The summed E-state index contributed by atoms with van der Waals surface area (Å²) in [4.78, 5) is 8.01. The van der Waals surface area contributed by atoms with E-state index in [0.29, 0.717) is 0 Å². The SMILES string of the molecule is Cc1cccc(C)c1-c1cccc2c1nc(-c1c(C)cccc1C)n2-c1cccc(N(c2ccc(C(C)(C)C)cc2)c2cccc(-n3c4ccccc4c4ccccc43)c2)c1Br. The number of aryl methyl sites for hydroxylation is 4. The second-order valence-corrected chi connectivity index (χ2v) is 18.4. The third-order valence-corrected chi connectivity index (χ3v) is 13.3. The summed E-state index contributed by atoms with van der Waals surface area (Å²) < 4.78 is 5.72. The van der Waals surface area contributed by atoms with Crippen molar-refractivity contribution in [1.29, 1.82) is 0 Å². The lowest BCUT2D eigenvalue weighted by molar-refractivity contribution is 0.590. The van der Waals surface area contributed by atoms with Gasteiger partial charge in [-0.1, -0.05) is 130 Å². The zero-order chi connectivity index (χ0) is 42.9. The first-order chi connectivity index (χ1) is 30.0. The van der Waals surface area contributed by atoms with Crippen LogP contribution in [0.25, 0.3) is 66.7 Å². The number of hydrogen-bond donors (Lipinski definition) is 0. The van der Waals surface area contributed by atoms with E-state index in [4.69, 9.17) is 4.98 Å². The summed E-state index contributed by atoms with van der Waals surface area (Å²) >= 11 is 4.29. The van der Waals surface area contributed by atoms with Crippen LogP contribution < -0.4 is 4.90 Å². The molecule has 5 heteroatoms. The Balaban J connectivity index is 1.23. The van der Waals surface area contributed by atoms with E-state index in [9.17, 15) is 0 Å². The van der Waals surface area contributed by atoms with Gasteiger partial charge < -0.3 is 9.47 Å². The molecule has 0 unspecified atom stereocenters. The van der Waals surface area contributed by atoms with E-state index in [0.717, 1.165) is 60.9 Å². The fourth-order valence-electron chi connectivity index (χ4n) is 9.48. The number of imidazole rings is 1. The highest BCUT2D eigenvalue weighted by Crippen LogP contribution is 2.46. The zero-order valence-electron chi connectivity index (χ0n) is 36.3. The Morgan fingerprint density at radius 1 is 0.500 bits per heavy atom. The van der Waals surface area contributed by atoms with Crippen molar-refractivity contribution in [3.63, 3.8) is 0 Å². The Morgan fingerprint density at radius 3 is 1.68 bits per heavy atom. The van der Waals surface area contributed by atoms with Crippen LogP contribution >= 0.6 is 15.9 Å². The van der Waals surface area contributed by atoms with Crippen LogP contribution in [0.2, 0.25) is 0 Å². The molecule has 0 saturated carbocycles. The number of nitrogens with zero attached hydrogens (tertiary/aromatic N) is 4. The summed E-state index contributed by atoms with van der Waals surface area (Å²) in [6.07, 6.45) is 0. The van der Waals surface area contributed by atoms with Crippen molar-refractivity contribution in [2.45, 2.75) is 53.9 Å². The maximum absolute atomic E-state index is 5.62. The van der Waals surface area contributed by atoms with E-state index in [2.05, 4.69) is 248 Å². The zero-order valence-corrected chi connectivity index (χ0v) is 37.9. The Labute approximate surface area is 372 Å². The first-order valence-electron chi connectivity index (χ1n) is 21.4. The average Bonchev–Trinajstić information content (AvgIpc) is 3.81. The van der Waals surface area contributed by atoms with E-state index >= 15 is 0 Å². The van der Waals surface area contributed by atoms with Gasteiger partial charge in [-0.15, -0.1) is 0 Å². The molecule has 0 fully saturated rings. The molecule has 0 radical (unpaired) electrons. The van der Waals surface area contributed by atoms with Gasteiger partial charge in [0.25, 0.3) is 0 Å². The summed E-state index contributed by atoms with van der Waals surface area (Å²) in [6.45, 7) is 15.6. The second-order valence-electron chi connectivity index (χ2n) is 17.6. The van der Waals surface area contributed by atoms with Crippen LogP contribution in [0.4, 0.5) is 17.1 Å². The number of halogens is 1. The van der Waals surface area contributed by atoms with Gasteiger partial charge in [0, 0.05) is 39.0 Å². The van der Waals surface area contributed by atoms with Crippen molar-refractivity contribution in [2.75, 3.05) is 4.90 Å². The quantitative estimate of drug-likeness (QED) is 0.159. The molecule has 0 amide bonds. The minimum atomic E-state index is 0.0164. The molecular weight excluding hydrogens is 821 g/mol. The van der Waals surface area contributed by atoms with E-state index in [-0.39, 0.29) is 5.41 Å². The molecule has 0 atom stereocenters. The van der Waals surface area contributed by atoms with Crippen LogP contribution in [-0.4, -0.2) is 14.1 Å². The van der Waals surface area contributed by atoms with Gasteiger partial charge >= 0.3 is 0 Å². The van der Waals surface area contributed by atoms with Crippen LogP contribution in [0.3, 0.4) is 0 Å². The molecular formula is C57H49BrN4. The lowest BCUT2D eigenvalue weighted by atomic mass is 9.87. The van der Waals surface area contributed by atoms with Gasteiger partial charge in [0.1, 0.15) is 5.82 Å². The molecule has 0 aliphatic heterocycles. The van der Waals surface area contributed by atoms with E-state index in [1.54, 1.807) is 0 Å². The van der Waals surface area contributed by atoms with Gasteiger partial charge in [-0.05, 0) is 143 Å². The van der Waals surface area contributed by atoms with Crippen molar-refractivity contribution in [3.05, 3.63) is 202 Å². The molecule has 10 rings (SSSR count). The maximum atomic E-state index is 5.62. The van der Waals surface area contributed by atoms with E-state index < -0.39 is 0 Å². The smallest absolute Gasteiger partial charge is 0.146 e. The Morgan fingerprint density at radius 2 is 1.05 bits per heavy atom. The molecule has 8 aromatic carbocycles. The molecule has 2 aromatic heterocycles. The minimum Gasteiger partial charge on any atom is -0.309 e. The van der Waals surface area contributed by atoms with Crippen LogP contribution in [0, 0.1) is 27.7 Å². The molecule has 62 heavy (non-hydrogen) atoms. The maximum Gasteiger partial charge on any atom is 0.146 e. The summed E-state index contributed by atoms with van der Waals surface area (Å²) in [6, 6.07) is 61.7. The molecule has 10 aromatic rings. The summed E-state index contributed by atoms with van der Waals surface area (Å²) in [5, 5.41) is 2.48. The Kier molecular flexibility index (Phi) is 9.76. The number of hydrogen-bond acceptors (Lipinski definition) is 2. The van der Waals surface area contributed by atoms with Crippen molar-refractivity contribution in [1.82, 2.24) is 14.1 Å².